The van der Waals surface area contributed by atoms with Gasteiger partial charge < -0.3 is 15.0 Å². The monoisotopic (exact) mass is 268 g/mol. The number of ether oxygens (including phenoxy) is 1. The summed E-state index contributed by atoms with van der Waals surface area (Å²) in [5, 5.41) is 2.63. The number of nitrogens with zero attached hydrogens (tertiary/aromatic N) is 1. The van der Waals surface area contributed by atoms with E-state index >= 15 is 0 Å². The Kier molecular flexibility index (Phi) is 5.86. The summed E-state index contributed by atoms with van der Waals surface area (Å²) in [4.78, 5) is 25.7. The summed E-state index contributed by atoms with van der Waals surface area (Å²) in [5.74, 6) is -0.000504. The molecule has 0 aromatic carbocycles. The zero-order chi connectivity index (χ0) is 14.4. The number of allylic oxidation sites excluding steroid dienone is 1. The standard InChI is InChI=1S/C14H24N2O3/c1-5-7-11-8-6-9-16(11)13(17)12(10(2)3)15-14(18)19-4/h5,7,10-12H,6,8-9H2,1-4H3,(H,15,18)/b7-5+. The first-order valence-electron chi connectivity index (χ1n) is 6.79. The van der Waals surface area contributed by atoms with E-state index in [2.05, 4.69) is 10.1 Å². The van der Waals surface area contributed by atoms with Crippen molar-refractivity contribution in [1.29, 1.82) is 0 Å². The summed E-state index contributed by atoms with van der Waals surface area (Å²) < 4.78 is 4.58. The molecule has 0 aromatic rings. The molecule has 5 nitrogen and oxygen atoms in total. The van der Waals surface area contributed by atoms with Crippen LogP contribution in [0.3, 0.4) is 0 Å². The third-order valence-electron chi connectivity index (χ3n) is 3.39. The lowest BCUT2D eigenvalue weighted by Crippen LogP contribution is -2.52. The van der Waals surface area contributed by atoms with E-state index in [1.165, 1.54) is 7.11 Å². The summed E-state index contributed by atoms with van der Waals surface area (Å²) in [6.07, 6.45) is 5.44. The highest BCUT2D eigenvalue weighted by atomic mass is 16.5. The Morgan fingerprint density at radius 2 is 2.11 bits per heavy atom. The molecule has 0 radical (unpaired) electrons. The van der Waals surface area contributed by atoms with Crippen LogP contribution in [0, 0.1) is 5.92 Å². The van der Waals surface area contributed by atoms with Gasteiger partial charge in [0.05, 0.1) is 13.2 Å². The predicted molar refractivity (Wildman–Crippen MR) is 73.7 cm³/mol. The number of likely N-dealkylation sites (tertiary alicyclic amines) is 1. The number of alkyl carbamates (subject to hydrolysis) is 1. The maximum atomic E-state index is 12.5. The predicted octanol–water partition coefficient (Wildman–Crippen LogP) is 1.93. The molecule has 1 heterocycles. The van der Waals surface area contributed by atoms with E-state index < -0.39 is 12.1 Å². The van der Waals surface area contributed by atoms with Gasteiger partial charge in [-0.2, -0.15) is 0 Å². The molecular formula is C14H24N2O3. The molecule has 19 heavy (non-hydrogen) atoms. The molecule has 2 amide bonds. The van der Waals surface area contributed by atoms with Crippen LogP contribution in [0.15, 0.2) is 12.2 Å². The fraction of sp³-hybridized carbons (Fsp3) is 0.714. The van der Waals surface area contributed by atoms with Crippen molar-refractivity contribution in [1.82, 2.24) is 10.2 Å². The molecule has 0 bridgehead atoms. The van der Waals surface area contributed by atoms with E-state index in [4.69, 9.17) is 0 Å². The zero-order valence-corrected chi connectivity index (χ0v) is 12.2. The van der Waals surface area contributed by atoms with Crippen LogP contribution in [0.25, 0.3) is 0 Å². The number of hydrogen-bond acceptors (Lipinski definition) is 3. The topological polar surface area (TPSA) is 58.6 Å². The molecule has 1 fully saturated rings. The van der Waals surface area contributed by atoms with Gasteiger partial charge in [-0.15, -0.1) is 0 Å². The molecule has 0 saturated carbocycles. The smallest absolute Gasteiger partial charge is 0.407 e. The molecule has 1 rings (SSSR count). The minimum atomic E-state index is -0.561. The Hall–Kier alpha value is -1.52. The summed E-state index contributed by atoms with van der Waals surface area (Å²) in [5.41, 5.74) is 0. The van der Waals surface area contributed by atoms with Crippen LogP contribution in [0.1, 0.15) is 33.6 Å². The fourth-order valence-corrected chi connectivity index (χ4v) is 2.37. The van der Waals surface area contributed by atoms with Crippen molar-refractivity contribution in [3.05, 3.63) is 12.2 Å². The van der Waals surface area contributed by atoms with E-state index in [0.717, 1.165) is 19.4 Å². The molecule has 0 spiro atoms. The van der Waals surface area contributed by atoms with Crippen LogP contribution in [-0.2, 0) is 9.53 Å². The van der Waals surface area contributed by atoms with Crippen molar-refractivity contribution in [3.8, 4) is 0 Å². The summed E-state index contributed by atoms with van der Waals surface area (Å²) >= 11 is 0. The molecule has 2 atom stereocenters. The lowest BCUT2D eigenvalue weighted by molar-refractivity contribution is -0.134. The first-order chi connectivity index (χ1) is 9.01. The first-order valence-corrected chi connectivity index (χ1v) is 6.79. The van der Waals surface area contributed by atoms with E-state index in [-0.39, 0.29) is 17.9 Å². The normalized spacial score (nSPS) is 20.9. The van der Waals surface area contributed by atoms with Gasteiger partial charge in [0.1, 0.15) is 6.04 Å². The Bertz CT molecular complexity index is 353. The molecule has 108 valence electrons. The van der Waals surface area contributed by atoms with Crippen LogP contribution in [0.2, 0.25) is 0 Å². The van der Waals surface area contributed by atoms with Gasteiger partial charge in [0.25, 0.3) is 0 Å². The Morgan fingerprint density at radius 3 is 2.63 bits per heavy atom. The van der Waals surface area contributed by atoms with Gasteiger partial charge in [-0.3, -0.25) is 4.79 Å². The third kappa shape index (κ3) is 3.98. The van der Waals surface area contributed by atoms with Gasteiger partial charge in [-0.05, 0) is 25.7 Å². The number of rotatable bonds is 4. The summed E-state index contributed by atoms with van der Waals surface area (Å²) in [6, 6.07) is -0.378. The van der Waals surface area contributed by atoms with Gasteiger partial charge >= 0.3 is 6.09 Å². The summed E-state index contributed by atoms with van der Waals surface area (Å²) in [7, 11) is 1.30. The van der Waals surface area contributed by atoms with Gasteiger partial charge in [-0.25, -0.2) is 4.79 Å². The lowest BCUT2D eigenvalue weighted by atomic mass is 10.0. The van der Waals surface area contributed by atoms with Crippen molar-refractivity contribution in [2.45, 2.75) is 45.7 Å². The average Bonchev–Trinajstić information content (AvgIpc) is 2.83. The van der Waals surface area contributed by atoms with Crippen molar-refractivity contribution in [3.63, 3.8) is 0 Å². The van der Waals surface area contributed by atoms with Crippen molar-refractivity contribution >= 4 is 12.0 Å². The number of nitrogens with one attached hydrogen (secondary N) is 1. The molecule has 1 saturated heterocycles. The highest BCUT2D eigenvalue weighted by Gasteiger charge is 2.34. The van der Waals surface area contributed by atoms with Crippen LogP contribution in [0.4, 0.5) is 4.79 Å². The van der Waals surface area contributed by atoms with E-state index in [1.807, 2.05) is 37.8 Å². The highest BCUT2D eigenvalue weighted by molar-refractivity contribution is 5.86. The molecule has 5 heteroatoms. The molecule has 2 unspecified atom stereocenters. The van der Waals surface area contributed by atoms with E-state index in [9.17, 15) is 9.59 Å². The molecule has 1 aliphatic rings. The number of amides is 2. The van der Waals surface area contributed by atoms with Gasteiger partial charge in [0, 0.05) is 6.54 Å². The highest BCUT2D eigenvalue weighted by Crippen LogP contribution is 2.21. The third-order valence-corrected chi connectivity index (χ3v) is 3.39. The number of methoxy groups -OCH3 is 1. The van der Waals surface area contributed by atoms with Gasteiger partial charge in [0.2, 0.25) is 5.91 Å². The molecule has 0 aromatic heterocycles. The van der Waals surface area contributed by atoms with Crippen LogP contribution in [0.5, 0.6) is 0 Å². The molecular weight excluding hydrogens is 244 g/mol. The Labute approximate surface area is 115 Å². The molecule has 1 N–H and O–H groups in total. The van der Waals surface area contributed by atoms with Crippen molar-refractivity contribution in [2.24, 2.45) is 5.92 Å². The largest absolute Gasteiger partial charge is 0.453 e. The van der Waals surface area contributed by atoms with Crippen molar-refractivity contribution in [2.75, 3.05) is 13.7 Å². The maximum Gasteiger partial charge on any atom is 0.407 e. The second kappa shape index (κ2) is 7.16. The Morgan fingerprint density at radius 1 is 1.42 bits per heavy atom. The fourth-order valence-electron chi connectivity index (χ4n) is 2.37. The average molecular weight is 268 g/mol. The van der Waals surface area contributed by atoms with E-state index in [1.54, 1.807) is 0 Å². The van der Waals surface area contributed by atoms with E-state index in [0.29, 0.717) is 0 Å². The van der Waals surface area contributed by atoms with Crippen LogP contribution >= 0.6 is 0 Å². The maximum absolute atomic E-state index is 12.5. The minimum absolute atomic E-state index is 0.0263. The van der Waals surface area contributed by atoms with Crippen molar-refractivity contribution < 1.29 is 14.3 Å². The summed E-state index contributed by atoms with van der Waals surface area (Å²) in [6.45, 7) is 6.53. The zero-order valence-electron chi connectivity index (χ0n) is 12.2. The molecule has 1 aliphatic heterocycles. The quantitative estimate of drug-likeness (QED) is 0.793. The number of carbonyl (C=O) groups is 2. The minimum Gasteiger partial charge on any atom is -0.453 e. The number of hydrogen-bond donors (Lipinski definition) is 1. The second-order valence-corrected chi connectivity index (χ2v) is 5.12. The van der Waals surface area contributed by atoms with Gasteiger partial charge in [-0.1, -0.05) is 26.0 Å². The van der Waals surface area contributed by atoms with Gasteiger partial charge in [0.15, 0.2) is 0 Å². The van der Waals surface area contributed by atoms with Crippen LogP contribution < -0.4 is 5.32 Å². The SMILES string of the molecule is C/C=C/C1CCCN1C(=O)C(NC(=O)OC)C(C)C. The lowest BCUT2D eigenvalue weighted by Gasteiger charge is -2.29. The Balaban J connectivity index is 2.78. The number of carbonyl (C=O) groups excluding carboxylic acids is 2. The second-order valence-electron chi connectivity index (χ2n) is 5.12. The first kappa shape index (κ1) is 15.5. The van der Waals surface area contributed by atoms with Crippen LogP contribution in [-0.4, -0.2) is 42.6 Å². The molecule has 0 aliphatic carbocycles.